The minimum atomic E-state index is -0.464. The van der Waals surface area contributed by atoms with Gasteiger partial charge in [-0.25, -0.2) is 0 Å². The second kappa shape index (κ2) is 7.10. The molecule has 1 N–H and O–H groups in total. The average molecular weight is 334 g/mol. The average Bonchev–Trinajstić information content (AvgIpc) is 3.07. The highest BCUT2D eigenvalue weighted by Crippen LogP contribution is 2.34. The van der Waals surface area contributed by atoms with Gasteiger partial charge in [-0.2, -0.15) is 5.26 Å². The maximum Gasteiger partial charge on any atom is 0.266 e. The molecule has 126 valence electrons. The number of benzene rings is 2. The van der Waals surface area contributed by atoms with Crippen LogP contribution < -0.4 is 14.8 Å². The minimum Gasteiger partial charge on any atom is -0.454 e. The van der Waals surface area contributed by atoms with Crippen LogP contribution in [-0.4, -0.2) is 12.7 Å². The summed E-state index contributed by atoms with van der Waals surface area (Å²) >= 11 is 0. The molecule has 0 saturated carbocycles. The summed E-state index contributed by atoms with van der Waals surface area (Å²) in [5.41, 5.74) is 2.60. The van der Waals surface area contributed by atoms with Crippen molar-refractivity contribution in [3.8, 4) is 17.6 Å². The Morgan fingerprint density at radius 2 is 1.88 bits per heavy atom. The quantitative estimate of drug-likeness (QED) is 0.675. The number of carbonyl (C=O) groups is 1. The number of nitriles is 1. The van der Waals surface area contributed by atoms with Crippen molar-refractivity contribution < 1.29 is 14.3 Å². The molecule has 2 aromatic carbocycles. The molecule has 0 saturated heterocycles. The number of amides is 1. The van der Waals surface area contributed by atoms with Crippen molar-refractivity contribution in [3.63, 3.8) is 0 Å². The van der Waals surface area contributed by atoms with Crippen molar-refractivity contribution in [1.82, 2.24) is 0 Å². The molecule has 1 aliphatic rings. The SMILES string of the molecule is CC(C)c1ccc(/C=C(\C#N)C(=O)Nc2ccc3c(c2)OCO3)cc1. The van der Waals surface area contributed by atoms with Gasteiger partial charge in [0, 0.05) is 11.8 Å². The molecule has 0 radical (unpaired) electrons. The van der Waals surface area contributed by atoms with Gasteiger partial charge in [-0.05, 0) is 35.3 Å². The van der Waals surface area contributed by atoms with Crippen LogP contribution in [-0.2, 0) is 4.79 Å². The van der Waals surface area contributed by atoms with E-state index >= 15 is 0 Å². The van der Waals surface area contributed by atoms with Crippen LogP contribution in [0.1, 0.15) is 30.9 Å². The fourth-order valence-electron chi connectivity index (χ4n) is 2.47. The van der Waals surface area contributed by atoms with Gasteiger partial charge in [0.2, 0.25) is 6.79 Å². The van der Waals surface area contributed by atoms with Crippen LogP contribution in [0, 0.1) is 11.3 Å². The third-order valence-corrected chi connectivity index (χ3v) is 3.91. The van der Waals surface area contributed by atoms with Crippen molar-refractivity contribution in [1.29, 1.82) is 5.26 Å². The third kappa shape index (κ3) is 3.81. The molecule has 0 aromatic heterocycles. The lowest BCUT2D eigenvalue weighted by Gasteiger charge is -2.07. The molecule has 5 heteroatoms. The molecule has 1 heterocycles. The molecular formula is C20H18N2O3. The maximum atomic E-state index is 12.3. The third-order valence-electron chi connectivity index (χ3n) is 3.91. The number of ether oxygens (including phenoxy) is 2. The van der Waals surface area contributed by atoms with Gasteiger partial charge in [-0.3, -0.25) is 4.79 Å². The van der Waals surface area contributed by atoms with Crippen molar-refractivity contribution >= 4 is 17.7 Å². The van der Waals surface area contributed by atoms with Crippen LogP contribution in [0.15, 0.2) is 48.0 Å². The van der Waals surface area contributed by atoms with Crippen LogP contribution in [0.25, 0.3) is 6.08 Å². The number of nitrogens with zero attached hydrogens (tertiary/aromatic N) is 1. The highest BCUT2D eigenvalue weighted by Gasteiger charge is 2.15. The summed E-state index contributed by atoms with van der Waals surface area (Å²) < 4.78 is 10.5. The predicted octanol–water partition coefficient (Wildman–Crippen LogP) is 4.08. The Morgan fingerprint density at radius 1 is 1.16 bits per heavy atom. The second-order valence-electron chi connectivity index (χ2n) is 6.01. The first kappa shape index (κ1) is 16.6. The Morgan fingerprint density at radius 3 is 2.56 bits per heavy atom. The molecule has 0 atom stereocenters. The van der Waals surface area contributed by atoms with Crippen LogP contribution in [0.5, 0.6) is 11.5 Å². The smallest absolute Gasteiger partial charge is 0.266 e. The van der Waals surface area contributed by atoms with Gasteiger partial charge in [-0.1, -0.05) is 38.1 Å². The zero-order valence-electron chi connectivity index (χ0n) is 14.1. The summed E-state index contributed by atoms with van der Waals surface area (Å²) in [4.78, 5) is 12.3. The Hall–Kier alpha value is -3.26. The zero-order chi connectivity index (χ0) is 17.8. The summed E-state index contributed by atoms with van der Waals surface area (Å²) in [6, 6.07) is 14.9. The van der Waals surface area contributed by atoms with Crippen LogP contribution in [0.4, 0.5) is 5.69 Å². The van der Waals surface area contributed by atoms with Crippen LogP contribution in [0.2, 0.25) is 0 Å². The van der Waals surface area contributed by atoms with E-state index in [-0.39, 0.29) is 12.4 Å². The lowest BCUT2D eigenvalue weighted by molar-refractivity contribution is -0.112. The molecule has 0 bridgehead atoms. The molecule has 5 nitrogen and oxygen atoms in total. The summed E-state index contributed by atoms with van der Waals surface area (Å²) in [5, 5.41) is 12.0. The summed E-state index contributed by atoms with van der Waals surface area (Å²) in [6.07, 6.45) is 1.58. The first-order valence-electron chi connectivity index (χ1n) is 7.99. The zero-order valence-corrected chi connectivity index (χ0v) is 14.1. The number of carbonyl (C=O) groups excluding carboxylic acids is 1. The monoisotopic (exact) mass is 334 g/mol. The molecule has 2 aromatic rings. The Kier molecular flexibility index (Phi) is 4.71. The van der Waals surface area contributed by atoms with Gasteiger partial charge in [0.25, 0.3) is 5.91 Å². The number of fused-ring (bicyclic) bond motifs is 1. The number of rotatable bonds is 4. The number of hydrogen-bond donors (Lipinski definition) is 1. The van der Waals surface area contributed by atoms with Gasteiger partial charge in [0.15, 0.2) is 11.5 Å². The first-order valence-corrected chi connectivity index (χ1v) is 7.99. The van der Waals surface area contributed by atoms with Crippen molar-refractivity contribution in [2.75, 3.05) is 12.1 Å². The van der Waals surface area contributed by atoms with E-state index in [0.717, 1.165) is 5.56 Å². The molecule has 25 heavy (non-hydrogen) atoms. The van der Waals surface area contributed by atoms with Gasteiger partial charge in [0.1, 0.15) is 11.6 Å². The summed E-state index contributed by atoms with van der Waals surface area (Å²) in [5.74, 6) is 1.18. The van der Waals surface area contributed by atoms with E-state index in [1.54, 1.807) is 24.3 Å². The number of nitrogens with one attached hydrogen (secondary N) is 1. The van der Waals surface area contributed by atoms with E-state index < -0.39 is 5.91 Å². The highest BCUT2D eigenvalue weighted by molar-refractivity contribution is 6.09. The number of anilines is 1. The van der Waals surface area contributed by atoms with E-state index in [9.17, 15) is 10.1 Å². The van der Waals surface area contributed by atoms with E-state index in [1.165, 1.54) is 5.56 Å². The lowest BCUT2D eigenvalue weighted by Crippen LogP contribution is -2.13. The minimum absolute atomic E-state index is 0.0370. The topological polar surface area (TPSA) is 71.4 Å². The van der Waals surface area contributed by atoms with E-state index in [4.69, 9.17) is 9.47 Å². The van der Waals surface area contributed by atoms with Crippen molar-refractivity contribution in [3.05, 3.63) is 59.2 Å². The van der Waals surface area contributed by atoms with Gasteiger partial charge >= 0.3 is 0 Å². The van der Waals surface area contributed by atoms with E-state index in [2.05, 4.69) is 19.2 Å². The molecule has 0 spiro atoms. The normalized spacial score (nSPS) is 12.8. The highest BCUT2D eigenvalue weighted by atomic mass is 16.7. The largest absolute Gasteiger partial charge is 0.454 e. The lowest BCUT2D eigenvalue weighted by atomic mass is 10.0. The Labute approximate surface area is 146 Å². The van der Waals surface area contributed by atoms with E-state index in [0.29, 0.717) is 23.1 Å². The van der Waals surface area contributed by atoms with Crippen LogP contribution in [0.3, 0.4) is 0 Å². The summed E-state index contributed by atoms with van der Waals surface area (Å²) in [7, 11) is 0. The van der Waals surface area contributed by atoms with Gasteiger partial charge in [0.05, 0.1) is 0 Å². The molecule has 3 rings (SSSR count). The van der Waals surface area contributed by atoms with Gasteiger partial charge in [-0.15, -0.1) is 0 Å². The Bertz CT molecular complexity index is 862. The molecular weight excluding hydrogens is 316 g/mol. The Balaban J connectivity index is 1.76. The maximum absolute atomic E-state index is 12.3. The molecule has 1 aliphatic heterocycles. The van der Waals surface area contributed by atoms with Crippen molar-refractivity contribution in [2.45, 2.75) is 19.8 Å². The molecule has 0 fully saturated rings. The van der Waals surface area contributed by atoms with Crippen LogP contribution >= 0.6 is 0 Å². The van der Waals surface area contributed by atoms with E-state index in [1.807, 2.05) is 30.3 Å². The summed E-state index contributed by atoms with van der Waals surface area (Å²) in [6.45, 7) is 4.40. The fraction of sp³-hybridized carbons (Fsp3) is 0.200. The molecule has 0 unspecified atom stereocenters. The first-order chi connectivity index (χ1) is 12.1. The van der Waals surface area contributed by atoms with Gasteiger partial charge < -0.3 is 14.8 Å². The number of hydrogen-bond acceptors (Lipinski definition) is 4. The standard InChI is InChI=1S/C20H18N2O3/c1-13(2)15-5-3-14(4-6-15)9-16(11-21)20(23)22-17-7-8-18-19(10-17)25-12-24-18/h3-10,13H,12H2,1-2H3,(H,22,23)/b16-9+. The second-order valence-corrected chi connectivity index (χ2v) is 6.01. The molecule has 0 aliphatic carbocycles. The fourth-order valence-corrected chi connectivity index (χ4v) is 2.47. The van der Waals surface area contributed by atoms with Crippen molar-refractivity contribution in [2.24, 2.45) is 0 Å². The molecule has 1 amide bonds. The predicted molar refractivity (Wildman–Crippen MR) is 95.3 cm³/mol.